The number of ether oxygens (including phenoxy) is 1. The van der Waals surface area contributed by atoms with Crippen molar-refractivity contribution in [2.24, 2.45) is 23.7 Å². The van der Waals surface area contributed by atoms with Gasteiger partial charge in [-0.15, -0.1) is 0 Å². The van der Waals surface area contributed by atoms with Gasteiger partial charge < -0.3 is 4.74 Å². The Labute approximate surface area is 208 Å². The molecule has 10 nitrogen and oxygen atoms in total. The molecule has 3 rings (SSSR count). The van der Waals surface area contributed by atoms with Crippen LogP contribution in [0, 0.1) is 23.7 Å². The molecule has 0 spiro atoms. The van der Waals surface area contributed by atoms with E-state index in [0.29, 0.717) is 31.8 Å². The quantitative estimate of drug-likeness (QED) is 0.283. The second-order valence-electron chi connectivity index (χ2n) is 10.6. The highest BCUT2D eigenvalue weighted by Crippen LogP contribution is 2.31. The van der Waals surface area contributed by atoms with Gasteiger partial charge in [-0.1, -0.05) is 58.8 Å². The molecule has 10 heteroatoms. The minimum atomic E-state index is -0.666. The van der Waals surface area contributed by atoms with Gasteiger partial charge in [0.25, 0.3) is 0 Å². The molecule has 5 amide bonds. The van der Waals surface area contributed by atoms with Gasteiger partial charge in [0.1, 0.15) is 6.54 Å². The number of amides is 5. The van der Waals surface area contributed by atoms with Crippen molar-refractivity contribution in [1.29, 1.82) is 0 Å². The lowest BCUT2D eigenvalue weighted by atomic mass is 9.79. The molecule has 0 aromatic carbocycles. The number of hydrazine groups is 1. The Morgan fingerprint density at radius 1 is 1.06 bits per heavy atom. The summed E-state index contributed by atoms with van der Waals surface area (Å²) >= 11 is 0. The van der Waals surface area contributed by atoms with Crippen molar-refractivity contribution < 1.29 is 28.8 Å². The third-order valence-corrected chi connectivity index (χ3v) is 7.20. The fourth-order valence-corrected chi connectivity index (χ4v) is 5.33. The number of urea groups is 1. The van der Waals surface area contributed by atoms with Gasteiger partial charge in [-0.25, -0.2) is 20.1 Å². The van der Waals surface area contributed by atoms with Gasteiger partial charge in [-0.05, 0) is 37.5 Å². The number of hydrogen-bond donors (Lipinski definition) is 3. The average molecular weight is 495 g/mol. The molecule has 1 aliphatic carbocycles. The van der Waals surface area contributed by atoms with Crippen molar-refractivity contribution >= 4 is 23.8 Å². The number of carbonyl (C=O) groups is 4. The molecule has 0 aromatic rings. The Bertz CT molecular complexity index is 733. The topological polar surface area (TPSA) is 126 Å². The predicted molar refractivity (Wildman–Crippen MR) is 128 cm³/mol. The first-order chi connectivity index (χ1) is 16.8. The number of nitrogens with one attached hydrogen (secondary N) is 3. The number of hydroxylamine groups is 1. The minimum Gasteiger partial charge on any atom is -0.350 e. The monoisotopic (exact) mass is 494 g/mol. The van der Waals surface area contributed by atoms with Crippen LogP contribution < -0.4 is 16.2 Å². The van der Waals surface area contributed by atoms with Gasteiger partial charge in [-0.2, -0.15) is 0 Å². The lowest BCUT2D eigenvalue weighted by Crippen LogP contribution is -2.50. The second-order valence-corrected chi connectivity index (χ2v) is 10.6. The van der Waals surface area contributed by atoms with Crippen LogP contribution in [-0.4, -0.2) is 48.2 Å². The number of nitrogens with zero attached hydrogens (tertiary/aromatic N) is 1. The van der Waals surface area contributed by atoms with Gasteiger partial charge in [-0.3, -0.25) is 25.1 Å². The normalized spacial score (nSPS) is 23.2. The van der Waals surface area contributed by atoms with Gasteiger partial charge in [0.05, 0.1) is 11.8 Å². The van der Waals surface area contributed by atoms with E-state index in [0.717, 1.165) is 30.7 Å². The smallest absolute Gasteiger partial charge is 0.343 e. The Morgan fingerprint density at radius 3 is 2.43 bits per heavy atom. The minimum absolute atomic E-state index is 0.149. The highest BCUT2D eigenvalue weighted by molar-refractivity contribution is 6.02. The predicted octanol–water partition coefficient (Wildman–Crippen LogP) is 3.17. The van der Waals surface area contributed by atoms with E-state index >= 15 is 0 Å². The van der Waals surface area contributed by atoms with E-state index in [9.17, 15) is 19.2 Å². The number of imide groups is 1. The third-order valence-electron chi connectivity index (χ3n) is 7.20. The van der Waals surface area contributed by atoms with E-state index in [-0.39, 0.29) is 18.4 Å². The summed E-state index contributed by atoms with van der Waals surface area (Å²) < 4.78 is 5.55. The lowest BCUT2D eigenvalue weighted by Gasteiger charge is -2.30. The standard InChI is InChI=1S/C25H42N4O6/c1-17(2)15-20(23(31)27-29-16-21(30)26-25(29)33)19(12-8-11-18-9-4-3-5-10-18)24(32)28-35-22-13-6-7-14-34-22/h17-20,22H,3-16H2,1-2H3,(H,27,31)(H,28,32)(H,26,30,33)/t19-,20+,22?/m0/s1. The van der Waals surface area contributed by atoms with Gasteiger partial charge in [0.2, 0.25) is 17.7 Å². The number of hydrogen-bond acceptors (Lipinski definition) is 6. The molecule has 0 bridgehead atoms. The summed E-state index contributed by atoms with van der Waals surface area (Å²) in [4.78, 5) is 55.7. The van der Waals surface area contributed by atoms with E-state index in [1.54, 1.807) is 0 Å². The zero-order valence-corrected chi connectivity index (χ0v) is 21.2. The Kier molecular flexibility index (Phi) is 10.8. The summed E-state index contributed by atoms with van der Waals surface area (Å²) in [7, 11) is 0. The molecule has 2 heterocycles. The van der Waals surface area contributed by atoms with Crippen molar-refractivity contribution in [1.82, 2.24) is 21.2 Å². The molecule has 3 aliphatic rings. The summed E-state index contributed by atoms with van der Waals surface area (Å²) in [5.41, 5.74) is 5.13. The van der Waals surface area contributed by atoms with Crippen LogP contribution in [0.5, 0.6) is 0 Å². The van der Waals surface area contributed by atoms with Gasteiger partial charge in [0.15, 0.2) is 6.29 Å². The van der Waals surface area contributed by atoms with Crippen LogP contribution in [0.1, 0.15) is 90.9 Å². The molecule has 3 fully saturated rings. The van der Waals surface area contributed by atoms with E-state index in [4.69, 9.17) is 9.57 Å². The lowest BCUT2D eigenvalue weighted by molar-refractivity contribution is -0.203. The van der Waals surface area contributed by atoms with Gasteiger partial charge in [0, 0.05) is 13.0 Å². The Balaban J connectivity index is 1.67. The molecular weight excluding hydrogens is 452 g/mol. The molecule has 3 atom stereocenters. The molecule has 35 heavy (non-hydrogen) atoms. The van der Waals surface area contributed by atoms with E-state index in [2.05, 4.69) is 16.2 Å². The first kappa shape index (κ1) is 27.4. The van der Waals surface area contributed by atoms with E-state index in [1.807, 2.05) is 13.8 Å². The molecule has 0 radical (unpaired) electrons. The number of carbonyl (C=O) groups excluding carboxylic acids is 4. The van der Waals surface area contributed by atoms with Crippen LogP contribution in [0.15, 0.2) is 0 Å². The summed E-state index contributed by atoms with van der Waals surface area (Å²) in [5, 5.41) is 3.12. The first-order valence-corrected chi connectivity index (χ1v) is 13.3. The molecule has 2 saturated heterocycles. The molecule has 1 saturated carbocycles. The maximum atomic E-state index is 13.3. The van der Waals surface area contributed by atoms with E-state index < -0.39 is 36.0 Å². The summed E-state index contributed by atoms with van der Waals surface area (Å²) in [6.45, 7) is 4.35. The van der Waals surface area contributed by atoms with Crippen LogP contribution in [0.4, 0.5) is 4.79 Å². The molecule has 2 aliphatic heterocycles. The summed E-state index contributed by atoms with van der Waals surface area (Å²) in [5.74, 6) is -1.71. The fourth-order valence-electron chi connectivity index (χ4n) is 5.33. The van der Waals surface area contributed by atoms with Crippen molar-refractivity contribution in [3.8, 4) is 0 Å². The van der Waals surface area contributed by atoms with Crippen LogP contribution in [0.2, 0.25) is 0 Å². The summed E-state index contributed by atoms with van der Waals surface area (Å²) in [6, 6.07) is -0.664. The van der Waals surface area contributed by atoms with E-state index in [1.165, 1.54) is 32.1 Å². The van der Waals surface area contributed by atoms with Crippen molar-refractivity contribution in [2.75, 3.05) is 13.2 Å². The van der Waals surface area contributed by atoms with Crippen LogP contribution in [0.3, 0.4) is 0 Å². The SMILES string of the molecule is CC(C)C[C@@H](C(=O)NN1CC(=O)NC1=O)[C@H](CCCC1CCCCC1)C(=O)NOC1CCCCO1. The van der Waals surface area contributed by atoms with Crippen molar-refractivity contribution in [3.63, 3.8) is 0 Å². The second kappa shape index (κ2) is 13.8. The molecule has 198 valence electrons. The van der Waals surface area contributed by atoms with Gasteiger partial charge >= 0.3 is 6.03 Å². The van der Waals surface area contributed by atoms with Crippen molar-refractivity contribution in [3.05, 3.63) is 0 Å². The Hall–Kier alpha value is -2.20. The highest BCUT2D eigenvalue weighted by Gasteiger charge is 2.37. The van der Waals surface area contributed by atoms with Crippen molar-refractivity contribution in [2.45, 2.75) is 97.2 Å². The molecule has 3 N–H and O–H groups in total. The third kappa shape index (κ3) is 8.75. The van der Waals surface area contributed by atoms with Crippen LogP contribution >= 0.6 is 0 Å². The highest BCUT2D eigenvalue weighted by atomic mass is 16.8. The Morgan fingerprint density at radius 2 is 1.80 bits per heavy atom. The molecule has 1 unspecified atom stereocenters. The number of rotatable bonds is 12. The summed E-state index contributed by atoms with van der Waals surface area (Å²) in [6.07, 6.45) is 11.4. The molecule has 0 aromatic heterocycles. The maximum absolute atomic E-state index is 13.3. The fraction of sp³-hybridized carbons (Fsp3) is 0.840. The van der Waals surface area contributed by atoms with Crippen LogP contribution in [0.25, 0.3) is 0 Å². The largest absolute Gasteiger partial charge is 0.350 e. The molecular formula is C25H42N4O6. The average Bonchev–Trinajstić information content (AvgIpc) is 3.16. The maximum Gasteiger partial charge on any atom is 0.343 e. The first-order valence-electron chi connectivity index (χ1n) is 13.3. The zero-order valence-electron chi connectivity index (χ0n) is 21.2. The van der Waals surface area contributed by atoms with Crippen LogP contribution in [-0.2, 0) is 24.0 Å². The zero-order chi connectivity index (χ0) is 25.2.